The molecule has 0 radical (unpaired) electrons. The molecule has 1 N–H and O–H groups in total. The molecule has 2 rings (SSSR count). The zero-order chi connectivity index (χ0) is 14.4. The van der Waals surface area contributed by atoms with Gasteiger partial charge < -0.3 is 5.11 Å². The van der Waals surface area contributed by atoms with Gasteiger partial charge in [0.2, 0.25) is 0 Å². The van der Waals surface area contributed by atoms with E-state index in [9.17, 15) is 22.3 Å². The molecular weight excluding hydrogens is 342 g/mol. The predicted molar refractivity (Wildman–Crippen MR) is 70.4 cm³/mol. The van der Waals surface area contributed by atoms with Crippen LogP contribution < -0.4 is 0 Å². The van der Waals surface area contributed by atoms with Crippen LogP contribution >= 0.6 is 15.9 Å². The van der Waals surface area contributed by atoms with Crippen molar-refractivity contribution in [1.82, 2.24) is 0 Å². The molecule has 0 aromatic heterocycles. The normalized spacial score (nSPS) is 27.7. The van der Waals surface area contributed by atoms with Crippen LogP contribution in [0.2, 0.25) is 0 Å². The molecule has 7 heteroatoms. The Morgan fingerprint density at radius 2 is 2.05 bits per heavy atom. The molecular formula is C12H13BrF2O3S. The van der Waals surface area contributed by atoms with Crippen LogP contribution in [-0.2, 0) is 15.4 Å². The van der Waals surface area contributed by atoms with E-state index in [0.717, 1.165) is 12.3 Å². The Morgan fingerprint density at radius 3 is 2.63 bits per heavy atom. The molecule has 1 aromatic carbocycles. The van der Waals surface area contributed by atoms with Crippen molar-refractivity contribution in [3.63, 3.8) is 0 Å². The number of hydrogen-bond acceptors (Lipinski definition) is 3. The van der Waals surface area contributed by atoms with Gasteiger partial charge in [0.25, 0.3) is 0 Å². The fourth-order valence-electron chi connectivity index (χ4n) is 2.73. The van der Waals surface area contributed by atoms with E-state index < -0.39 is 37.9 Å². The van der Waals surface area contributed by atoms with Gasteiger partial charge in [-0.1, -0.05) is 0 Å². The Labute approximate surface area is 118 Å². The molecule has 1 fully saturated rings. The van der Waals surface area contributed by atoms with Crippen LogP contribution in [0.15, 0.2) is 16.6 Å². The fraction of sp³-hybridized carbons (Fsp3) is 0.500. The van der Waals surface area contributed by atoms with Crippen molar-refractivity contribution in [3.8, 4) is 0 Å². The zero-order valence-corrected chi connectivity index (χ0v) is 12.6. The van der Waals surface area contributed by atoms with Crippen molar-refractivity contribution >= 4 is 25.8 Å². The van der Waals surface area contributed by atoms with Gasteiger partial charge >= 0.3 is 0 Å². The molecule has 1 aliphatic carbocycles. The molecule has 0 amide bonds. The van der Waals surface area contributed by atoms with Gasteiger partial charge in [-0.25, -0.2) is 17.2 Å². The molecule has 3 nitrogen and oxygen atoms in total. The molecule has 2 unspecified atom stereocenters. The molecule has 0 heterocycles. The van der Waals surface area contributed by atoms with Gasteiger partial charge in [0.05, 0.1) is 15.3 Å². The molecule has 0 saturated heterocycles. The first kappa shape index (κ1) is 14.9. The molecule has 2 atom stereocenters. The first-order chi connectivity index (χ1) is 8.68. The Balaban J connectivity index is 2.66. The van der Waals surface area contributed by atoms with E-state index in [0.29, 0.717) is 6.42 Å². The highest BCUT2D eigenvalue weighted by Gasteiger charge is 2.51. The maximum atomic E-state index is 14.1. The summed E-state index contributed by atoms with van der Waals surface area (Å²) in [5, 5.41) is 9.38. The average Bonchev–Trinajstić information content (AvgIpc) is 2.67. The maximum absolute atomic E-state index is 14.1. The minimum absolute atomic E-state index is 0.00326. The highest BCUT2D eigenvalue weighted by molar-refractivity contribution is 9.10. The molecule has 0 spiro atoms. The fourth-order valence-corrected chi connectivity index (χ4v) is 4.60. The summed E-state index contributed by atoms with van der Waals surface area (Å²) in [5.74, 6) is -1.88. The van der Waals surface area contributed by atoms with Gasteiger partial charge in [-0.05, 0) is 47.3 Å². The topological polar surface area (TPSA) is 54.4 Å². The Hall–Kier alpha value is -0.530. The summed E-state index contributed by atoms with van der Waals surface area (Å²) in [5.41, 5.74) is -2.57. The van der Waals surface area contributed by atoms with Crippen molar-refractivity contribution in [3.05, 3.63) is 33.8 Å². The second-order valence-electron chi connectivity index (χ2n) is 4.85. The zero-order valence-electron chi connectivity index (χ0n) is 10.2. The van der Waals surface area contributed by atoms with Crippen LogP contribution in [0.5, 0.6) is 0 Å². The highest BCUT2D eigenvalue weighted by atomic mass is 79.9. The summed E-state index contributed by atoms with van der Waals surface area (Å²) in [6.07, 6.45) is 1.59. The SMILES string of the molecule is CS(=O)(=O)C1CCCC1(O)c1c(F)ccc(Br)c1F. The molecule has 0 aliphatic heterocycles. The van der Waals surface area contributed by atoms with Gasteiger partial charge in [-0.2, -0.15) is 0 Å². The molecule has 106 valence electrons. The summed E-state index contributed by atoms with van der Waals surface area (Å²) in [7, 11) is -3.60. The van der Waals surface area contributed by atoms with E-state index in [1.54, 1.807) is 0 Å². The molecule has 1 aromatic rings. The van der Waals surface area contributed by atoms with E-state index in [2.05, 4.69) is 15.9 Å². The van der Waals surface area contributed by atoms with Crippen LogP contribution in [0.4, 0.5) is 8.78 Å². The van der Waals surface area contributed by atoms with Gasteiger partial charge in [0, 0.05) is 6.26 Å². The van der Waals surface area contributed by atoms with E-state index >= 15 is 0 Å². The number of rotatable bonds is 2. The van der Waals surface area contributed by atoms with Crippen molar-refractivity contribution in [2.45, 2.75) is 30.1 Å². The van der Waals surface area contributed by atoms with E-state index in [-0.39, 0.29) is 17.3 Å². The number of hydrogen-bond donors (Lipinski definition) is 1. The molecule has 1 saturated carbocycles. The molecule has 1 aliphatic rings. The molecule has 0 bridgehead atoms. The second kappa shape index (κ2) is 4.79. The lowest BCUT2D eigenvalue weighted by Crippen LogP contribution is -2.41. The van der Waals surface area contributed by atoms with Crippen LogP contribution in [0.25, 0.3) is 0 Å². The Bertz CT molecular complexity index is 618. The minimum Gasteiger partial charge on any atom is -0.384 e. The van der Waals surface area contributed by atoms with Gasteiger partial charge in [0.1, 0.15) is 17.2 Å². The van der Waals surface area contributed by atoms with Crippen molar-refractivity contribution < 1.29 is 22.3 Å². The number of aliphatic hydroxyl groups is 1. The summed E-state index contributed by atoms with van der Waals surface area (Å²) >= 11 is 2.92. The monoisotopic (exact) mass is 354 g/mol. The van der Waals surface area contributed by atoms with E-state index in [4.69, 9.17) is 0 Å². The Morgan fingerprint density at radius 1 is 1.42 bits per heavy atom. The summed E-state index contributed by atoms with van der Waals surface area (Å²) in [4.78, 5) is 0. The quantitative estimate of drug-likeness (QED) is 0.830. The summed E-state index contributed by atoms with van der Waals surface area (Å²) in [6.45, 7) is 0. The van der Waals surface area contributed by atoms with Gasteiger partial charge in [0.15, 0.2) is 9.84 Å². The smallest absolute Gasteiger partial charge is 0.153 e. The van der Waals surface area contributed by atoms with Gasteiger partial charge in [-0.15, -0.1) is 0 Å². The standard InChI is InChI=1S/C12H13BrF2O3S/c1-19(17,18)9-3-2-6-12(9,16)10-8(14)5-4-7(13)11(10)15/h4-5,9,16H,2-3,6H2,1H3. The maximum Gasteiger partial charge on any atom is 0.153 e. The summed E-state index contributed by atoms with van der Waals surface area (Å²) in [6, 6.07) is 2.19. The van der Waals surface area contributed by atoms with Crippen LogP contribution in [-0.4, -0.2) is 25.0 Å². The van der Waals surface area contributed by atoms with E-state index in [1.807, 2.05) is 0 Å². The number of sulfone groups is 1. The third kappa shape index (κ3) is 2.43. The van der Waals surface area contributed by atoms with Crippen LogP contribution in [0, 0.1) is 11.6 Å². The minimum atomic E-state index is -3.60. The second-order valence-corrected chi connectivity index (χ2v) is 7.94. The lowest BCUT2D eigenvalue weighted by molar-refractivity contribution is 0.0399. The van der Waals surface area contributed by atoms with Crippen molar-refractivity contribution in [2.24, 2.45) is 0 Å². The third-order valence-corrected chi connectivity index (χ3v) is 5.82. The first-order valence-corrected chi connectivity index (χ1v) is 8.48. The molecule has 19 heavy (non-hydrogen) atoms. The largest absolute Gasteiger partial charge is 0.384 e. The number of benzene rings is 1. The predicted octanol–water partition coefficient (Wildman–Crippen LogP) is 2.51. The number of halogens is 3. The lowest BCUT2D eigenvalue weighted by Gasteiger charge is -2.30. The van der Waals surface area contributed by atoms with Crippen LogP contribution in [0.3, 0.4) is 0 Å². The Kier molecular flexibility index (Phi) is 3.75. The van der Waals surface area contributed by atoms with Gasteiger partial charge in [-0.3, -0.25) is 0 Å². The van der Waals surface area contributed by atoms with Crippen molar-refractivity contribution in [1.29, 1.82) is 0 Å². The average molecular weight is 355 g/mol. The van der Waals surface area contributed by atoms with E-state index in [1.165, 1.54) is 6.07 Å². The third-order valence-electron chi connectivity index (χ3n) is 3.55. The lowest BCUT2D eigenvalue weighted by atomic mass is 9.91. The first-order valence-electron chi connectivity index (χ1n) is 5.73. The van der Waals surface area contributed by atoms with Crippen molar-refractivity contribution in [2.75, 3.05) is 6.26 Å². The summed E-state index contributed by atoms with van der Waals surface area (Å²) < 4.78 is 51.4. The van der Waals surface area contributed by atoms with Crippen LogP contribution in [0.1, 0.15) is 24.8 Å². The highest BCUT2D eigenvalue weighted by Crippen LogP contribution is 2.45.